The van der Waals surface area contributed by atoms with Crippen LogP contribution in [0.5, 0.6) is 0 Å². The molecule has 2 rings (SSSR count). The summed E-state index contributed by atoms with van der Waals surface area (Å²) in [5, 5.41) is 20.0. The third-order valence-corrected chi connectivity index (χ3v) is 4.37. The first-order valence-electron chi connectivity index (χ1n) is 6.55. The van der Waals surface area contributed by atoms with Crippen LogP contribution in [0, 0.1) is 0 Å². The smallest absolute Gasteiger partial charge is 0.208 e. The van der Waals surface area contributed by atoms with Crippen LogP contribution in [0.4, 0.5) is 5.13 Å². The van der Waals surface area contributed by atoms with Gasteiger partial charge in [0, 0.05) is 38.6 Å². The van der Waals surface area contributed by atoms with E-state index in [4.69, 9.17) is 0 Å². The van der Waals surface area contributed by atoms with Gasteiger partial charge in [-0.3, -0.25) is 4.90 Å². The van der Waals surface area contributed by atoms with Gasteiger partial charge < -0.3 is 10.0 Å². The van der Waals surface area contributed by atoms with Gasteiger partial charge in [-0.25, -0.2) is 0 Å². The van der Waals surface area contributed by atoms with E-state index >= 15 is 0 Å². The molecule has 1 fully saturated rings. The topological polar surface area (TPSA) is 52.5 Å². The van der Waals surface area contributed by atoms with Gasteiger partial charge in [0.05, 0.1) is 6.10 Å². The van der Waals surface area contributed by atoms with Crippen molar-refractivity contribution in [3.05, 3.63) is 5.01 Å². The lowest BCUT2D eigenvalue weighted by Crippen LogP contribution is -2.48. The fourth-order valence-electron chi connectivity index (χ4n) is 2.08. The van der Waals surface area contributed by atoms with Gasteiger partial charge in [0.25, 0.3) is 0 Å². The number of nitrogens with zero attached hydrogens (tertiary/aromatic N) is 4. The molecule has 6 heteroatoms. The molecule has 1 atom stereocenters. The zero-order valence-corrected chi connectivity index (χ0v) is 12.2. The zero-order chi connectivity index (χ0) is 13.1. The largest absolute Gasteiger partial charge is 0.392 e. The predicted octanol–water partition coefficient (Wildman–Crippen LogP) is 1.16. The summed E-state index contributed by atoms with van der Waals surface area (Å²) in [6.45, 7) is 10.8. The van der Waals surface area contributed by atoms with Crippen molar-refractivity contribution in [3.63, 3.8) is 0 Å². The van der Waals surface area contributed by atoms with Gasteiger partial charge in [-0.05, 0) is 6.92 Å². The minimum Gasteiger partial charge on any atom is -0.392 e. The highest BCUT2D eigenvalue weighted by molar-refractivity contribution is 7.15. The Kier molecular flexibility index (Phi) is 4.53. The molecule has 0 spiro atoms. The molecular weight excluding hydrogens is 248 g/mol. The normalized spacial score (nSPS) is 19.5. The zero-order valence-electron chi connectivity index (χ0n) is 11.3. The van der Waals surface area contributed by atoms with Gasteiger partial charge in [0.15, 0.2) is 0 Å². The molecule has 5 nitrogen and oxygen atoms in total. The number of aliphatic hydroxyl groups excluding tert-OH is 1. The minimum atomic E-state index is -0.245. The number of aliphatic hydroxyl groups is 1. The second-order valence-electron chi connectivity index (χ2n) is 5.21. The highest BCUT2D eigenvalue weighted by atomic mass is 32.1. The quantitative estimate of drug-likeness (QED) is 0.890. The standard InChI is InChI=1S/C12H22N4OS/c1-9(2)11-13-14-12(18-11)16-6-4-15(5-7-16)8-10(3)17/h9-10,17H,4-8H2,1-3H3/t10-/m1/s1. The second kappa shape index (κ2) is 5.95. The van der Waals surface area contributed by atoms with Gasteiger partial charge in [0.1, 0.15) is 5.01 Å². The van der Waals surface area contributed by atoms with E-state index in [2.05, 4.69) is 33.8 Å². The van der Waals surface area contributed by atoms with E-state index in [0.717, 1.165) is 42.9 Å². The molecule has 0 unspecified atom stereocenters. The fraction of sp³-hybridized carbons (Fsp3) is 0.833. The predicted molar refractivity (Wildman–Crippen MR) is 74.3 cm³/mol. The Labute approximate surface area is 112 Å². The number of rotatable bonds is 4. The van der Waals surface area contributed by atoms with Crippen LogP contribution in [-0.2, 0) is 0 Å². The van der Waals surface area contributed by atoms with E-state index in [1.165, 1.54) is 0 Å². The molecule has 18 heavy (non-hydrogen) atoms. The van der Waals surface area contributed by atoms with Gasteiger partial charge >= 0.3 is 0 Å². The van der Waals surface area contributed by atoms with Crippen molar-refractivity contribution in [2.45, 2.75) is 32.8 Å². The average molecular weight is 270 g/mol. The van der Waals surface area contributed by atoms with Crippen LogP contribution < -0.4 is 4.90 Å². The van der Waals surface area contributed by atoms with Crippen LogP contribution in [0.1, 0.15) is 31.7 Å². The van der Waals surface area contributed by atoms with Crippen LogP contribution in [0.3, 0.4) is 0 Å². The lowest BCUT2D eigenvalue weighted by Gasteiger charge is -2.34. The second-order valence-corrected chi connectivity index (χ2v) is 6.20. The molecule has 1 N–H and O–H groups in total. The first kappa shape index (κ1) is 13.7. The highest BCUT2D eigenvalue weighted by Gasteiger charge is 2.21. The molecule has 0 aromatic carbocycles. The molecule has 0 radical (unpaired) electrons. The third kappa shape index (κ3) is 3.40. The molecule has 1 aliphatic rings. The molecule has 102 valence electrons. The van der Waals surface area contributed by atoms with Crippen LogP contribution in [0.2, 0.25) is 0 Å². The summed E-state index contributed by atoms with van der Waals surface area (Å²) in [5.74, 6) is 0.452. The lowest BCUT2D eigenvalue weighted by atomic mass is 10.2. The lowest BCUT2D eigenvalue weighted by molar-refractivity contribution is 0.122. The Morgan fingerprint density at radius 3 is 2.33 bits per heavy atom. The summed E-state index contributed by atoms with van der Waals surface area (Å²) in [6, 6.07) is 0. The van der Waals surface area contributed by atoms with Crippen LogP contribution in [0.25, 0.3) is 0 Å². The molecule has 1 aromatic rings. The van der Waals surface area contributed by atoms with Gasteiger partial charge in [0.2, 0.25) is 5.13 Å². The number of hydrogen-bond acceptors (Lipinski definition) is 6. The number of hydrogen-bond donors (Lipinski definition) is 1. The van der Waals surface area contributed by atoms with Crippen molar-refractivity contribution in [1.82, 2.24) is 15.1 Å². The van der Waals surface area contributed by atoms with Crippen LogP contribution >= 0.6 is 11.3 Å². The van der Waals surface area contributed by atoms with Crippen molar-refractivity contribution in [3.8, 4) is 0 Å². The van der Waals surface area contributed by atoms with E-state index in [1.54, 1.807) is 11.3 Å². The summed E-state index contributed by atoms with van der Waals surface area (Å²) in [4.78, 5) is 4.59. The molecule has 1 aromatic heterocycles. The van der Waals surface area contributed by atoms with Gasteiger partial charge in [-0.1, -0.05) is 25.2 Å². The Morgan fingerprint density at radius 2 is 1.83 bits per heavy atom. The van der Waals surface area contributed by atoms with E-state index < -0.39 is 0 Å². The Balaban J connectivity index is 1.88. The van der Waals surface area contributed by atoms with Crippen LogP contribution in [-0.4, -0.2) is 59.0 Å². The molecule has 0 saturated carbocycles. The van der Waals surface area contributed by atoms with E-state index in [-0.39, 0.29) is 6.10 Å². The summed E-state index contributed by atoms with van der Waals surface area (Å²) in [5.41, 5.74) is 0. The molecule has 0 bridgehead atoms. The maximum atomic E-state index is 9.38. The first-order valence-corrected chi connectivity index (χ1v) is 7.36. The van der Waals surface area contributed by atoms with Crippen molar-refractivity contribution in [2.24, 2.45) is 0 Å². The maximum absolute atomic E-state index is 9.38. The number of aromatic nitrogens is 2. The Bertz CT molecular complexity index is 372. The van der Waals surface area contributed by atoms with E-state index in [1.807, 2.05) is 6.92 Å². The summed E-state index contributed by atoms with van der Waals surface area (Å²) >= 11 is 1.70. The third-order valence-electron chi connectivity index (χ3n) is 3.09. The average Bonchev–Trinajstić information content (AvgIpc) is 2.78. The first-order chi connectivity index (χ1) is 8.56. The van der Waals surface area contributed by atoms with Crippen molar-refractivity contribution in [1.29, 1.82) is 0 Å². The van der Waals surface area contributed by atoms with Crippen molar-refractivity contribution < 1.29 is 5.11 Å². The fourth-order valence-corrected chi connectivity index (χ4v) is 2.98. The maximum Gasteiger partial charge on any atom is 0.208 e. The molecule has 1 aliphatic heterocycles. The van der Waals surface area contributed by atoms with E-state index in [0.29, 0.717) is 5.92 Å². The number of β-amino-alcohol motifs (C(OH)–C–C–N with tert-alkyl or cyclic N) is 1. The Morgan fingerprint density at radius 1 is 1.17 bits per heavy atom. The monoisotopic (exact) mass is 270 g/mol. The summed E-state index contributed by atoms with van der Waals surface area (Å²) < 4.78 is 0. The highest BCUT2D eigenvalue weighted by Crippen LogP contribution is 2.26. The molecule has 0 amide bonds. The van der Waals surface area contributed by atoms with Gasteiger partial charge in [-0.2, -0.15) is 0 Å². The van der Waals surface area contributed by atoms with Crippen molar-refractivity contribution in [2.75, 3.05) is 37.6 Å². The minimum absolute atomic E-state index is 0.245. The molecular formula is C12H22N4OS. The Hall–Kier alpha value is -0.720. The summed E-state index contributed by atoms with van der Waals surface area (Å²) in [6.07, 6.45) is -0.245. The van der Waals surface area contributed by atoms with Crippen LogP contribution in [0.15, 0.2) is 0 Å². The molecule has 2 heterocycles. The molecule has 1 saturated heterocycles. The molecule has 0 aliphatic carbocycles. The van der Waals surface area contributed by atoms with Crippen molar-refractivity contribution >= 4 is 16.5 Å². The number of piperazine rings is 1. The van der Waals surface area contributed by atoms with Gasteiger partial charge in [-0.15, -0.1) is 10.2 Å². The summed E-state index contributed by atoms with van der Waals surface area (Å²) in [7, 11) is 0. The van der Waals surface area contributed by atoms with E-state index in [9.17, 15) is 5.11 Å². The SMILES string of the molecule is CC(C)c1nnc(N2CCN(C[C@@H](C)O)CC2)s1. The number of anilines is 1.